The Hall–Kier alpha value is -2.73. The van der Waals surface area contributed by atoms with Gasteiger partial charge in [0.2, 0.25) is 10.0 Å². The number of nitrogens with zero attached hydrogens (tertiary/aromatic N) is 1. The predicted molar refractivity (Wildman–Crippen MR) is 99.2 cm³/mol. The highest BCUT2D eigenvalue weighted by molar-refractivity contribution is 7.92. The highest BCUT2D eigenvalue weighted by Crippen LogP contribution is 2.36. The zero-order chi connectivity index (χ0) is 22.3. The fraction of sp³-hybridized carbons (Fsp3) is 0.278. The van der Waals surface area contributed by atoms with E-state index in [4.69, 9.17) is 0 Å². The number of rotatable bonds is 6. The van der Waals surface area contributed by atoms with E-state index in [-0.39, 0.29) is 28.8 Å². The number of H-pyrrole nitrogens is 1. The lowest BCUT2D eigenvalue weighted by molar-refractivity contribution is -0.137. The fourth-order valence-corrected chi connectivity index (χ4v) is 4.08. The van der Waals surface area contributed by atoms with Gasteiger partial charge in [0, 0.05) is 23.3 Å². The molecule has 0 saturated heterocycles. The summed E-state index contributed by atoms with van der Waals surface area (Å²) < 4.78 is 93.9. The molecule has 0 aliphatic rings. The molecule has 3 rings (SSSR count). The van der Waals surface area contributed by atoms with E-state index in [0.29, 0.717) is 12.3 Å². The van der Waals surface area contributed by atoms with Crippen LogP contribution in [0.4, 0.5) is 27.6 Å². The van der Waals surface area contributed by atoms with Crippen molar-refractivity contribution in [2.45, 2.75) is 25.6 Å². The lowest BCUT2D eigenvalue weighted by atomic mass is 9.99. The first kappa shape index (κ1) is 22.0. The van der Waals surface area contributed by atoms with E-state index in [0.717, 1.165) is 18.3 Å². The largest absolute Gasteiger partial charge is 0.417 e. The molecule has 2 aromatic heterocycles. The first-order valence-electron chi connectivity index (χ1n) is 8.65. The van der Waals surface area contributed by atoms with Crippen LogP contribution in [0.25, 0.3) is 11.0 Å². The predicted octanol–water partition coefficient (Wildman–Crippen LogP) is 4.09. The van der Waals surface area contributed by atoms with Gasteiger partial charge in [-0.25, -0.2) is 22.2 Å². The highest BCUT2D eigenvalue weighted by Gasteiger charge is 2.32. The van der Waals surface area contributed by atoms with Gasteiger partial charge in [-0.2, -0.15) is 13.2 Å². The molecule has 3 N–H and O–H groups in total. The van der Waals surface area contributed by atoms with Crippen LogP contribution in [-0.2, 0) is 16.2 Å². The van der Waals surface area contributed by atoms with Gasteiger partial charge in [0.05, 0.1) is 22.6 Å². The summed E-state index contributed by atoms with van der Waals surface area (Å²) in [6, 6.07) is 2.30. The summed E-state index contributed by atoms with van der Waals surface area (Å²) in [5.41, 5.74) is -2.89. The zero-order valence-corrected chi connectivity index (χ0v) is 16.2. The molecule has 0 bridgehead atoms. The maximum atomic E-state index is 14.9. The van der Waals surface area contributed by atoms with E-state index in [9.17, 15) is 35.5 Å². The number of anilines is 1. The molecule has 3 aromatic rings. The smallest absolute Gasteiger partial charge is 0.383 e. The molecular formula is C18H16F5N3O3S. The number of hydrogen-bond donors (Lipinski definition) is 3. The Balaban J connectivity index is 2.09. The topological polar surface area (TPSA) is 95.1 Å². The van der Waals surface area contributed by atoms with Crippen LogP contribution in [0.2, 0.25) is 0 Å². The van der Waals surface area contributed by atoms with E-state index < -0.39 is 50.8 Å². The minimum Gasteiger partial charge on any atom is -0.383 e. The van der Waals surface area contributed by atoms with Crippen LogP contribution in [0.15, 0.2) is 30.6 Å². The minimum atomic E-state index is -4.71. The zero-order valence-electron chi connectivity index (χ0n) is 15.4. The van der Waals surface area contributed by atoms with Gasteiger partial charge < -0.3 is 10.1 Å². The molecule has 6 nitrogen and oxygen atoms in total. The van der Waals surface area contributed by atoms with E-state index in [1.165, 1.54) is 0 Å². The number of sulfonamides is 1. The molecule has 2 heterocycles. The van der Waals surface area contributed by atoms with Crippen molar-refractivity contribution in [3.05, 3.63) is 58.9 Å². The highest BCUT2D eigenvalue weighted by atomic mass is 32.2. The Morgan fingerprint density at radius 1 is 1.27 bits per heavy atom. The first-order chi connectivity index (χ1) is 13.9. The van der Waals surface area contributed by atoms with Crippen molar-refractivity contribution in [2.24, 2.45) is 0 Å². The van der Waals surface area contributed by atoms with Gasteiger partial charge in [0.15, 0.2) is 5.82 Å². The van der Waals surface area contributed by atoms with Crippen molar-refractivity contribution >= 4 is 26.7 Å². The van der Waals surface area contributed by atoms with Crippen LogP contribution in [0, 0.1) is 11.6 Å². The third kappa shape index (κ3) is 4.24. The molecule has 1 unspecified atom stereocenters. The fourth-order valence-electron chi connectivity index (χ4n) is 2.95. The van der Waals surface area contributed by atoms with Gasteiger partial charge in [-0.15, -0.1) is 0 Å². The minimum absolute atomic E-state index is 0.0299. The Morgan fingerprint density at radius 2 is 1.97 bits per heavy atom. The molecule has 0 fully saturated rings. The average molecular weight is 449 g/mol. The molecule has 0 radical (unpaired) electrons. The second-order valence-electron chi connectivity index (χ2n) is 6.51. The molecule has 1 atom stereocenters. The maximum absolute atomic E-state index is 14.9. The SMILES string of the molecule is CCCS(=O)(=O)Nc1ccc(F)c(C(O)c2c[nH]c3ncc(C(F)(F)F)cc23)c1F. The molecule has 0 amide bonds. The number of nitrogens with one attached hydrogen (secondary N) is 2. The summed E-state index contributed by atoms with van der Waals surface area (Å²) in [5.74, 6) is -2.89. The lowest BCUT2D eigenvalue weighted by Crippen LogP contribution is -2.18. The summed E-state index contributed by atoms with van der Waals surface area (Å²) in [7, 11) is -3.91. The summed E-state index contributed by atoms with van der Waals surface area (Å²) in [4.78, 5) is 6.14. The molecule has 0 spiro atoms. The second kappa shape index (κ2) is 7.84. The standard InChI is InChI=1S/C18H16F5N3O3S/c1-2-5-30(28,29)26-13-4-3-12(19)14(15(13)20)16(27)11-8-25-17-10(11)6-9(7-24-17)18(21,22)23/h3-4,6-8,16,26-27H,2,5H2,1H3,(H,24,25). The Morgan fingerprint density at radius 3 is 2.60 bits per heavy atom. The van der Waals surface area contributed by atoms with Gasteiger partial charge in [0.1, 0.15) is 17.6 Å². The van der Waals surface area contributed by atoms with E-state index in [2.05, 4.69) is 9.97 Å². The van der Waals surface area contributed by atoms with Gasteiger partial charge in [-0.05, 0) is 24.6 Å². The molecule has 162 valence electrons. The third-order valence-corrected chi connectivity index (χ3v) is 5.80. The molecule has 0 saturated carbocycles. The monoisotopic (exact) mass is 449 g/mol. The summed E-state index contributed by atoms with van der Waals surface area (Å²) in [5, 5.41) is 10.4. The molecular weight excluding hydrogens is 433 g/mol. The molecule has 0 aliphatic heterocycles. The summed E-state index contributed by atoms with van der Waals surface area (Å²) in [6.45, 7) is 1.59. The number of alkyl halides is 3. The van der Waals surface area contributed by atoms with Crippen LogP contribution >= 0.6 is 0 Å². The van der Waals surface area contributed by atoms with Crippen molar-refractivity contribution in [3.63, 3.8) is 0 Å². The van der Waals surface area contributed by atoms with Crippen LogP contribution in [0.1, 0.15) is 36.1 Å². The molecule has 1 aromatic carbocycles. The second-order valence-corrected chi connectivity index (χ2v) is 8.35. The van der Waals surface area contributed by atoms with E-state index >= 15 is 0 Å². The average Bonchev–Trinajstić information content (AvgIpc) is 3.06. The number of aromatic amines is 1. The van der Waals surface area contributed by atoms with Crippen LogP contribution in [-0.4, -0.2) is 29.2 Å². The van der Waals surface area contributed by atoms with Crippen molar-refractivity contribution in [3.8, 4) is 0 Å². The summed E-state index contributed by atoms with van der Waals surface area (Å²) in [6.07, 6.45) is -4.83. The maximum Gasteiger partial charge on any atom is 0.417 e. The van der Waals surface area contributed by atoms with Crippen molar-refractivity contribution < 1.29 is 35.5 Å². The Kier molecular flexibility index (Phi) is 5.74. The third-order valence-electron chi connectivity index (χ3n) is 4.32. The van der Waals surface area contributed by atoms with Crippen LogP contribution < -0.4 is 4.72 Å². The van der Waals surface area contributed by atoms with Crippen molar-refractivity contribution in [1.29, 1.82) is 0 Å². The number of halogens is 5. The number of benzene rings is 1. The summed E-state index contributed by atoms with van der Waals surface area (Å²) >= 11 is 0. The van der Waals surface area contributed by atoms with Gasteiger partial charge in [-0.1, -0.05) is 6.92 Å². The Bertz CT molecular complexity index is 1190. The number of pyridine rings is 1. The number of aliphatic hydroxyl groups excluding tert-OH is 1. The lowest BCUT2D eigenvalue weighted by Gasteiger charge is -2.16. The van der Waals surface area contributed by atoms with Crippen LogP contribution in [0.3, 0.4) is 0 Å². The number of aromatic nitrogens is 2. The van der Waals surface area contributed by atoms with Gasteiger partial charge in [-0.3, -0.25) is 4.72 Å². The first-order valence-corrected chi connectivity index (χ1v) is 10.3. The van der Waals surface area contributed by atoms with Crippen LogP contribution in [0.5, 0.6) is 0 Å². The molecule has 30 heavy (non-hydrogen) atoms. The number of hydrogen-bond acceptors (Lipinski definition) is 4. The van der Waals surface area contributed by atoms with Crippen molar-refractivity contribution in [2.75, 3.05) is 10.5 Å². The van der Waals surface area contributed by atoms with E-state index in [1.54, 1.807) is 6.92 Å². The molecule has 0 aliphatic carbocycles. The van der Waals surface area contributed by atoms with E-state index in [1.807, 2.05) is 4.72 Å². The number of aliphatic hydroxyl groups is 1. The van der Waals surface area contributed by atoms with Crippen molar-refractivity contribution in [1.82, 2.24) is 9.97 Å². The number of fused-ring (bicyclic) bond motifs is 1. The van der Waals surface area contributed by atoms with Gasteiger partial charge in [0.25, 0.3) is 0 Å². The quantitative estimate of drug-likeness (QED) is 0.494. The molecule has 12 heteroatoms. The van der Waals surface area contributed by atoms with Gasteiger partial charge >= 0.3 is 6.18 Å². The Labute approximate surface area is 167 Å². The normalized spacial score (nSPS) is 13.6.